The third-order valence-electron chi connectivity index (χ3n) is 6.82. The van der Waals surface area contributed by atoms with Gasteiger partial charge in [-0.15, -0.1) is 0 Å². The summed E-state index contributed by atoms with van der Waals surface area (Å²) in [5.41, 5.74) is 2.97. The molecule has 1 aliphatic rings. The lowest BCUT2D eigenvalue weighted by atomic mass is 9.96. The van der Waals surface area contributed by atoms with E-state index in [1.807, 2.05) is 54.6 Å². The summed E-state index contributed by atoms with van der Waals surface area (Å²) in [6.45, 7) is 4.07. The molecule has 1 aliphatic heterocycles. The van der Waals surface area contributed by atoms with Crippen molar-refractivity contribution in [2.24, 2.45) is 4.99 Å². The summed E-state index contributed by atoms with van der Waals surface area (Å²) >= 11 is 8.42. The SMILES string of the molecule is CCOC(=O)C1=C(C)N=c2s/c(=C/c3cc(OC)c(OCc4ccccc4)cc3Br)c(=O)n2[C@@H]1c1ccc(OC)c(Br)c1. The third-order valence-corrected chi connectivity index (χ3v) is 9.10. The molecule has 0 bridgehead atoms. The second-order valence-electron chi connectivity index (χ2n) is 9.50. The van der Waals surface area contributed by atoms with E-state index in [9.17, 15) is 9.59 Å². The highest BCUT2D eigenvalue weighted by Crippen LogP contribution is 2.36. The van der Waals surface area contributed by atoms with E-state index < -0.39 is 12.0 Å². The Bertz CT molecular complexity index is 1900. The summed E-state index contributed by atoms with van der Waals surface area (Å²) < 4.78 is 25.9. The first kappa shape index (κ1) is 30.8. The molecule has 5 rings (SSSR count). The molecular formula is C32H28Br2N2O6S. The molecule has 0 N–H and O–H groups in total. The molecule has 0 fully saturated rings. The Hall–Kier alpha value is -3.67. The predicted molar refractivity (Wildman–Crippen MR) is 173 cm³/mol. The number of rotatable bonds is 9. The van der Waals surface area contributed by atoms with E-state index >= 15 is 0 Å². The van der Waals surface area contributed by atoms with Crippen LogP contribution in [-0.4, -0.2) is 31.4 Å². The lowest BCUT2D eigenvalue weighted by molar-refractivity contribution is -0.139. The van der Waals surface area contributed by atoms with Crippen LogP contribution < -0.4 is 29.1 Å². The molecule has 2 heterocycles. The molecule has 11 heteroatoms. The predicted octanol–water partition coefficient (Wildman–Crippen LogP) is 5.92. The number of fused-ring (bicyclic) bond motifs is 1. The van der Waals surface area contributed by atoms with Gasteiger partial charge in [0.15, 0.2) is 16.3 Å². The second kappa shape index (κ2) is 13.3. The molecule has 0 saturated heterocycles. The Morgan fingerprint density at radius 2 is 1.74 bits per heavy atom. The highest BCUT2D eigenvalue weighted by atomic mass is 79.9. The standard InChI is InChI=1S/C32H28Br2N2O6S/c1-5-41-31(38)28-18(2)35-32-36(29(28)20-11-12-24(39-3)23(34)13-20)30(37)27(43-32)15-21-14-25(40-4)26(16-22(21)33)42-17-19-9-7-6-8-10-19/h6-16,29H,5,17H2,1-4H3/b27-15+/t29-/m1/s1. The number of nitrogens with zero attached hydrogens (tertiary/aromatic N) is 2. The lowest BCUT2D eigenvalue weighted by Gasteiger charge is -2.25. The van der Waals surface area contributed by atoms with Crippen molar-refractivity contribution >= 4 is 55.2 Å². The van der Waals surface area contributed by atoms with Crippen LogP contribution in [-0.2, 0) is 16.1 Å². The zero-order valence-electron chi connectivity index (χ0n) is 23.9. The number of carbonyl (C=O) groups is 1. The topological polar surface area (TPSA) is 88.4 Å². The fourth-order valence-corrected chi connectivity index (χ4v) is 6.80. The van der Waals surface area contributed by atoms with Crippen molar-refractivity contribution in [3.8, 4) is 17.2 Å². The number of ether oxygens (including phenoxy) is 4. The van der Waals surface area contributed by atoms with Gasteiger partial charge in [0, 0.05) is 4.47 Å². The van der Waals surface area contributed by atoms with Crippen molar-refractivity contribution in [1.82, 2.24) is 4.57 Å². The van der Waals surface area contributed by atoms with Gasteiger partial charge in [0.1, 0.15) is 12.4 Å². The van der Waals surface area contributed by atoms with Crippen LogP contribution in [0.3, 0.4) is 0 Å². The van der Waals surface area contributed by atoms with Gasteiger partial charge in [-0.1, -0.05) is 63.7 Å². The van der Waals surface area contributed by atoms with Crippen LogP contribution in [0.5, 0.6) is 17.2 Å². The summed E-state index contributed by atoms with van der Waals surface area (Å²) in [5, 5.41) is 0. The number of esters is 1. The van der Waals surface area contributed by atoms with E-state index in [0.29, 0.717) is 54.5 Å². The summed E-state index contributed by atoms with van der Waals surface area (Å²) in [5.74, 6) is 1.20. The largest absolute Gasteiger partial charge is 0.496 e. The molecule has 0 amide bonds. The average molecular weight is 728 g/mol. The minimum atomic E-state index is -0.744. The number of carbonyl (C=O) groups excluding carboxylic acids is 1. The van der Waals surface area contributed by atoms with Crippen LogP contribution in [0.15, 0.2) is 90.7 Å². The van der Waals surface area contributed by atoms with E-state index in [1.165, 1.54) is 11.3 Å². The molecule has 8 nitrogen and oxygen atoms in total. The third kappa shape index (κ3) is 6.34. The molecule has 0 saturated carbocycles. The number of halogens is 2. The van der Waals surface area contributed by atoms with Gasteiger partial charge >= 0.3 is 5.97 Å². The lowest BCUT2D eigenvalue weighted by Crippen LogP contribution is -2.40. The van der Waals surface area contributed by atoms with Gasteiger partial charge in [-0.3, -0.25) is 9.36 Å². The van der Waals surface area contributed by atoms with Crippen LogP contribution in [0.4, 0.5) is 0 Å². The fourth-order valence-electron chi connectivity index (χ4n) is 4.77. The first-order valence-electron chi connectivity index (χ1n) is 13.3. The van der Waals surface area contributed by atoms with Crippen molar-refractivity contribution in [1.29, 1.82) is 0 Å². The summed E-state index contributed by atoms with van der Waals surface area (Å²) in [6.07, 6.45) is 1.78. The van der Waals surface area contributed by atoms with Crippen molar-refractivity contribution in [3.05, 3.63) is 117 Å². The number of aromatic nitrogens is 1. The van der Waals surface area contributed by atoms with Crippen LogP contribution in [0.25, 0.3) is 6.08 Å². The molecule has 4 aromatic rings. The highest BCUT2D eigenvalue weighted by Gasteiger charge is 2.33. The van der Waals surface area contributed by atoms with Crippen LogP contribution >= 0.6 is 43.2 Å². The van der Waals surface area contributed by atoms with Crippen LogP contribution in [0, 0.1) is 0 Å². The van der Waals surface area contributed by atoms with Gasteiger partial charge in [0.05, 0.1) is 47.1 Å². The Morgan fingerprint density at radius 3 is 2.42 bits per heavy atom. The number of hydrogen-bond donors (Lipinski definition) is 0. The molecular weight excluding hydrogens is 700 g/mol. The van der Waals surface area contributed by atoms with E-state index in [-0.39, 0.29) is 12.2 Å². The molecule has 1 aromatic heterocycles. The summed E-state index contributed by atoms with van der Waals surface area (Å²) in [4.78, 5) is 32.3. The summed E-state index contributed by atoms with van der Waals surface area (Å²) in [6, 6.07) is 18.2. The normalized spacial score (nSPS) is 14.7. The first-order valence-corrected chi connectivity index (χ1v) is 15.7. The second-order valence-corrected chi connectivity index (χ2v) is 12.2. The highest BCUT2D eigenvalue weighted by molar-refractivity contribution is 9.10. The number of thiazole rings is 1. The molecule has 43 heavy (non-hydrogen) atoms. The molecule has 3 aromatic carbocycles. The number of hydrogen-bond acceptors (Lipinski definition) is 8. The molecule has 0 unspecified atom stereocenters. The van der Waals surface area contributed by atoms with Crippen molar-refractivity contribution in [3.63, 3.8) is 0 Å². The van der Waals surface area contributed by atoms with Crippen molar-refractivity contribution < 1.29 is 23.7 Å². The van der Waals surface area contributed by atoms with E-state index in [1.54, 1.807) is 44.8 Å². The van der Waals surface area contributed by atoms with Gasteiger partial charge in [0.25, 0.3) is 5.56 Å². The first-order chi connectivity index (χ1) is 20.7. The maximum atomic E-state index is 14.0. The minimum Gasteiger partial charge on any atom is -0.496 e. The maximum Gasteiger partial charge on any atom is 0.338 e. The van der Waals surface area contributed by atoms with Gasteiger partial charge in [0.2, 0.25) is 0 Å². The number of methoxy groups -OCH3 is 2. The van der Waals surface area contributed by atoms with Crippen LogP contribution in [0.2, 0.25) is 0 Å². The zero-order valence-corrected chi connectivity index (χ0v) is 27.8. The van der Waals surface area contributed by atoms with Gasteiger partial charge in [-0.25, -0.2) is 9.79 Å². The smallest absolute Gasteiger partial charge is 0.338 e. The van der Waals surface area contributed by atoms with E-state index in [2.05, 4.69) is 36.9 Å². The quantitative estimate of drug-likeness (QED) is 0.199. The fraction of sp³-hybridized carbons (Fsp3) is 0.219. The van der Waals surface area contributed by atoms with Crippen molar-refractivity contribution in [2.75, 3.05) is 20.8 Å². The zero-order chi connectivity index (χ0) is 30.7. The number of benzene rings is 3. The Balaban J connectivity index is 1.60. The van der Waals surface area contributed by atoms with Gasteiger partial charge in [-0.2, -0.15) is 0 Å². The minimum absolute atomic E-state index is 0.194. The molecule has 0 radical (unpaired) electrons. The van der Waals surface area contributed by atoms with E-state index in [0.717, 1.165) is 15.6 Å². The Kier molecular flexibility index (Phi) is 9.53. The average Bonchev–Trinajstić information content (AvgIpc) is 3.30. The molecule has 1 atom stereocenters. The van der Waals surface area contributed by atoms with Gasteiger partial charge in [-0.05, 0) is 76.8 Å². The Labute approximate surface area is 269 Å². The Morgan fingerprint density at radius 1 is 1.00 bits per heavy atom. The van der Waals surface area contributed by atoms with Crippen LogP contribution in [0.1, 0.15) is 36.6 Å². The molecule has 222 valence electrons. The maximum absolute atomic E-state index is 14.0. The molecule has 0 spiro atoms. The van der Waals surface area contributed by atoms with E-state index in [4.69, 9.17) is 18.9 Å². The molecule has 0 aliphatic carbocycles. The number of allylic oxidation sites excluding steroid dienone is 1. The monoisotopic (exact) mass is 726 g/mol. The summed E-state index contributed by atoms with van der Waals surface area (Å²) in [7, 11) is 3.15. The van der Waals surface area contributed by atoms with Crippen molar-refractivity contribution in [2.45, 2.75) is 26.5 Å². The van der Waals surface area contributed by atoms with Gasteiger partial charge < -0.3 is 18.9 Å².